The molecule has 0 aliphatic carbocycles. The molecule has 130 valence electrons. The average Bonchev–Trinajstić information content (AvgIpc) is 2.58. The summed E-state index contributed by atoms with van der Waals surface area (Å²) in [6.45, 7) is 0.547. The van der Waals surface area contributed by atoms with Crippen LogP contribution in [0.15, 0.2) is 24.3 Å². The molecule has 0 saturated heterocycles. The maximum absolute atomic E-state index is 11.9. The number of unbranched alkanes of at least 4 members (excludes halogenated alkanes) is 1. The van der Waals surface area contributed by atoms with Crippen molar-refractivity contribution in [3.05, 3.63) is 35.4 Å². The van der Waals surface area contributed by atoms with Crippen molar-refractivity contribution < 1.29 is 18.5 Å². The molecular formula is C17H22N2O4S. The highest BCUT2D eigenvalue weighted by Gasteiger charge is 2.08. The van der Waals surface area contributed by atoms with Crippen molar-refractivity contribution in [1.29, 1.82) is 0 Å². The van der Waals surface area contributed by atoms with Gasteiger partial charge in [-0.2, -0.15) is 0 Å². The number of ether oxygens (including phenoxy) is 1. The Labute approximate surface area is 145 Å². The fraction of sp³-hybridized carbons (Fsp3) is 0.412. The lowest BCUT2D eigenvalue weighted by Gasteiger charge is -2.10. The van der Waals surface area contributed by atoms with Gasteiger partial charge in [-0.25, -0.2) is 8.51 Å². The standard InChI is InChI=1S/C17H22N2O4S/c1-19(24(3)22)11-6-4-5-8-14-9-7-10-15(12-14)17(21)18-13-16(20)23-2/h7,9-10,12H,4,6,11,13H2,1-3H3,(H,18,21). The van der Waals surface area contributed by atoms with Crippen LogP contribution in [0, 0.1) is 11.8 Å². The summed E-state index contributed by atoms with van der Waals surface area (Å²) in [6.07, 6.45) is 3.14. The maximum Gasteiger partial charge on any atom is 0.325 e. The highest BCUT2D eigenvalue weighted by molar-refractivity contribution is 7.81. The van der Waals surface area contributed by atoms with Crippen LogP contribution in [-0.2, 0) is 20.5 Å². The first-order chi connectivity index (χ1) is 11.4. The number of methoxy groups -OCH3 is 1. The Bertz CT molecular complexity index is 664. The minimum absolute atomic E-state index is 0.169. The van der Waals surface area contributed by atoms with Gasteiger partial charge in [0.1, 0.15) is 6.54 Å². The van der Waals surface area contributed by atoms with E-state index < -0.39 is 17.0 Å². The zero-order valence-electron chi connectivity index (χ0n) is 14.1. The van der Waals surface area contributed by atoms with E-state index in [1.54, 1.807) is 35.8 Å². The van der Waals surface area contributed by atoms with Gasteiger partial charge in [-0.15, -0.1) is 0 Å². The van der Waals surface area contributed by atoms with Gasteiger partial charge in [-0.3, -0.25) is 9.59 Å². The molecule has 7 heteroatoms. The van der Waals surface area contributed by atoms with Gasteiger partial charge in [0.15, 0.2) is 0 Å². The SMILES string of the molecule is COC(=O)CNC(=O)c1cccc(C#CCCCN(C)S(C)=O)c1. The van der Waals surface area contributed by atoms with Crippen LogP contribution in [0.2, 0.25) is 0 Å². The molecule has 1 N–H and O–H groups in total. The molecule has 1 unspecified atom stereocenters. The van der Waals surface area contributed by atoms with Gasteiger partial charge >= 0.3 is 5.97 Å². The predicted octanol–water partition coefficient (Wildman–Crippen LogP) is 0.946. The van der Waals surface area contributed by atoms with Crippen molar-refractivity contribution in [2.45, 2.75) is 12.8 Å². The van der Waals surface area contributed by atoms with Crippen LogP contribution >= 0.6 is 0 Å². The van der Waals surface area contributed by atoms with Gasteiger partial charge in [0.2, 0.25) is 0 Å². The molecule has 1 amide bonds. The first-order valence-electron chi connectivity index (χ1n) is 7.42. The van der Waals surface area contributed by atoms with E-state index in [0.29, 0.717) is 18.5 Å². The van der Waals surface area contributed by atoms with E-state index in [-0.39, 0.29) is 12.5 Å². The van der Waals surface area contributed by atoms with E-state index in [0.717, 1.165) is 12.0 Å². The van der Waals surface area contributed by atoms with E-state index >= 15 is 0 Å². The van der Waals surface area contributed by atoms with Crippen molar-refractivity contribution in [2.75, 3.05) is 33.5 Å². The summed E-state index contributed by atoms with van der Waals surface area (Å²) in [6, 6.07) is 6.89. The van der Waals surface area contributed by atoms with Crippen LogP contribution < -0.4 is 5.32 Å². The lowest BCUT2D eigenvalue weighted by atomic mass is 10.1. The van der Waals surface area contributed by atoms with Crippen LogP contribution in [0.5, 0.6) is 0 Å². The van der Waals surface area contributed by atoms with Crippen LogP contribution in [-0.4, -0.2) is 53.9 Å². The minimum Gasteiger partial charge on any atom is -0.468 e. The van der Waals surface area contributed by atoms with Crippen molar-refractivity contribution >= 4 is 22.9 Å². The highest BCUT2D eigenvalue weighted by atomic mass is 32.2. The lowest BCUT2D eigenvalue weighted by molar-refractivity contribution is -0.139. The Balaban J connectivity index is 2.54. The second kappa shape index (κ2) is 10.6. The number of amides is 1. The molecule has 0 aliphatic heterocycles. The summed E-state index contributed by atoms with van der Waals surface area (Å²) < 4.78 is 17.4. The van der Waals surface area contributed by atoms with E-state index in [1.807, 2.05) is 6.07 Å². The molecule has 0 radical (unpaired) electrons. The zero-order chi connectivity index (χ0) is 17.9. The molecule has 0 bridgehead atoms. The van der Waals surface area contributed by atoms with Gasteiger partial charge in [-0.05, 0) is 31.7 Å². The molecule has 1 rings (SSSR count). The van der Waals surface area contributed by atoms with Gasteiger partial charge in [-0.1, -0.05) is 17.9 Å². The molecule has 1 aromatic carbocycles. The van der Waals surface area contributed by atoms with Crippen LogP contribution in [0.1, 0.15) is 28.8 Å². The Morgan fingerprint density at radius 1 is 1.38 bits per heavy atom. The van der Waals surface area contributed by atoms with Crippen molar-refractivity contribution in [2.24, 2.45) is 0 Å². The minimum atomic E-state index is -0.959. The second-order valence-corrected chi connectivity index (χ2v) is 6.49. The van der Waals surface area contributed by atoms with Crippen molar-refractivity contribution in [3.8, 4) is 11.8 Å². The highest BCUT2D eigenvalue weighted by Crippen LogP contribution is 2.04. The zero-order valence-corrected chi connectivity index (χ0v) is 14.9. The van der Waals surface area contributed by atoms with E-state index in [9.17, 15) is 13.8 Å². The first kappa shape index (κ1) is 19.9. The van der Waals surface area contributed by atoms with E-state index in [1.165, 1.54) is 7.11 Å². The summed E-state index contributed by atoms with van der Waals surface area (Å²) in [5.74, 6) is 5.19. The van der Waals surface area contributed by atoms with Crippen LogP contribution in [0.25, 0.3) is 0 Å². The number of hydrogen-bond donors (Lipinski definition) is 1. The Kier molecular flexibility index (Phi) is 8.76. The number of benzene rings is 1. The number of nitrogens with one attached hydrogen (secondary N) is 1. The molecule has 0 aromatic heterocycles. The molecule has 0 spiro atoms. The number of nitrogens with zero attached hydrogens (tertiary/aromatic N) is 1. The van der Waals surface area contributed by atoms with Gasteiger partial charge in [0.05, 0.1) is 18.1 Å². The monoisotopic (exact) mass is 350 g/mol. The quantitative estimate of drug-likeness (QED) is 0.451. The summed E-state index contributed by atoms with van der Waals surface area (Å²) in [4.78, 5) is 23.0. The average molecular weight is 350 g/mol. The molecule has 0 fully saturated rings. The van der Waals surface area contributed by atoms with Crippen molar-refractivity contribution in [1.82, 2.24) is 9.62 Å². The number of hydrogen-bond acceptors (Lipinski definition) is 4. The third kappa shape index (κ3) is 7.40. The molecule has 6 nitrogen and oxygen atoms in total. The predicted molar refractivity (Wildman–Crippen MR) is 93.6 cm³/mol. The Morgan fingerprint density at radius 3 is 2.79 bits per heavy atom. The third-order valence-corrected chi connectivity index (χ3v) is 4.25. The smallest absolute Gasteiger partial charge is 0.325 e. The summed E-state index contributed by atoms with van der Waals surface area (Å²) in [5.41, 5.74) is 1.17. The first-order valence-corrected chi connectivity index (χ1v) is 8.94. The van der Waals surface area contributed by atoms with E-state index in [4.69, 9.17) is 0 Å². The third-order valence-electron chi connectivity index (χ3n) is 3.19. The normalized spacial score (nSPS) is 11.3. The fourth-order valence-corrected chi connectivity index (χ4v) is 2.13. The molecule has 0 heterocycles. The Hall–Kier alpha value is -2.17. The van der Waals surface area contributed by atoms with Crippen LogP contribution in [0.3, 0.4) is 0 Å². The fourth-order valence-electron chi connectivity index (χ4n) is 1.75. The van der Waals surface area contributed by atoms with Gasteiger partial charge in [0.25, 0.3) is 5.91 Å². The molecule has 24 heavy (non-hydrogen) atoms. The second-order valence-electron chi connectivity index (χ2n) is 5.02. The molecular weight excluding hydrogens is 328 g/mol. The lowest BCUT2D eigenvalue weighted by Crippen LogP contribution is -2.30. The number of carbonyl (C=O) groups excluding carboxylic acids is 2. The number of carbonyl (C=O) groups is 2. The van der Waals surface area contributed by atoms with E-state index in [2.05, 4.69) is 21.9 Å². The topological polar surface area (TPSA) is 75.7 Å². The number of esters is 1. The van der Waals surface area contributed by atoms with Crippen molar-refractivity contribution in [3.63, 3.8) is 0 Å². The molecule has 1 aromatic rings. The molecule has 0 saturated carbocycles. The molecule has 1 atom stereocenters. The maximum atomic E-state index is 11.9. The van der Waals surface area contributed by atoms with Gasteiger partial charge in [0, 0.05) is 30.3 Å². The molecule has 0 aliphatic rings. The summed E-state index contributed by atoms with van der Waals surface area (Å²) in [7, 11) is 2.11. The van der Waals surface area contributed by atoms with Crippen LogP contribution in [0.4, 0.5) is 0 Å². The number of rotatable bonds is 7. The Morgan fingerprint density at radius 2 is 2.12 bits per heavy atom. The van der Waals surface area contributed by atoms with Gasteiger partial charge < -0.3 is 10.1 Å². The summed E-state index contributed by atoms with van der Waals surface area (Å²) in [5, 5.41) is 2.48. The largest absolute Gasteiger partial charge is 0.468 e. The summed E-state index contributed by atoms with van der Waals surface area (Å²) >= 11 is 0.